The number of ether oxygens (including phenoxy) is 1. The highest BCUT2D eigenvalue weighted by Gasteiger charge is 2.07. The summed E-state index contributed by atoms with van der Waals surface area (Å²) in [5.41, 5.74) is 7.08. The van der Waals surface area contributed by atoms with Crippen molar-refractivity contribution in [2.24, 2.45) is 10.7 Å². The molecular formula is C16H16N2O2S. The molecular weight excluding hydrogens is 284 g/mol. The second-order valence-corrected chi connectivity index (χ2v) is 5.14. The van der Waals surface area contributed by atoms with Gasteiger partial charge in [0.25, 0.3) is 5.91 Å². The molecule has 5 heteroatoms. The fourth-order valence-electron chi connectivity index (χ4n) is 1.73. The number of carbonyl (C=O) groups is 1. The first kappa shape index (κ1) is 15.1. The van der Waals surface area contributed by atoms with Gasteiger partial charge >= 0.3 is 0 Å². The molecule has 0 aliphatic heterocycles. The number of hydrogen-bond donors (Lipinski definition) is 1. The van der Waals surface area contributed by atoms with Crippen LogP contribution < -0.4 is 10.5 Å². The summed E-state index contributed by atoms with van der Waals surface area (Å²) < 4.78 is 5.05. The SMILES string of the molecule is COc1ccc(C(=O)N=C(N)c2ccc(SC)cc2)cc1. The molecule has 1 amide bonds. The first-order chi connectivity index (χ1) is 10.1. The quantitative estimate of drug-likeness (QED) is 0.535. The van der Waals surface area contributed by atoms with Crippen molar-refractivity contribution in [2.75, 3.05) is 13.4 Å². The monoisotopic (exact) mass is 300 g/mol. The molecule has 0 saturated heterocycles. The molecule has 0 aliphatic rings. The van der Waals surface area contributed by atoms with E-state index in [0.29, 0.717) is 11.3 Å². The van der Waals surface area contributed by atoms with E-state index in [4.69, 9.17) is 10.5 Å². The molecule has 21 heavy (non-hydrogen) atoms. The van der Waals surface area contributed by atoms with E-state index in [9.17, 15) is 4.79 Å². The fourth-order valence-corrected chi connectivity index (χ4v) is 2.14. The Morgan fingerprint density at radius 3 is 2.14 bits per heavy atom. The Morgan fingerprint density at radius 1 is 1.05 bits per heavy atom. The zero-order valence-corrected chi connectivity index (χ0v) is 12.7. The molecule has 2 N–H and O–H groups in total. The normalized spacial score (nSPS) is 11.2. The number of hydrogen-bond acceptors (Lipinski definition) is 3. The van der Waals surface area contributed by atoms with Gasteiger partial charge in [0.1, 0.15) is 11.6 Å². The average molecular weight is 300 g/mol. The van der Waals surface area contributed by atoms with Crippen LogP contribution in [0, 0.1) is 0 Å². The van der Waals surface area contributed by atoms with Gasteiger partial charge in [0.05, 0.1) is 7.11 Å². The highest BCUT2D eigenvalue weighted by atomic mass is 32.2. The van der Waals surface area contributed by atoms with Gasteiger partial charge in [-0.2, -0.15) is 4.99 Å². The number of amides is 1. The van der Waals surface area contributed by atoms with Crippen molar-refractivity contribution in [2.45, 2.75) is 4.90 Å². The third-order valence-corrected chi connectivity index (χ3v) is 3.69. The predicted molar refractivity (Wildman–Crippen MR) is 86.3 cm³/mol. The van der Waals surface area contributed by atoms with Crippen LogP contribution in [-0.2, 0) is 0 Å². The molecule has 4 nitrogen and oxygen atoms in total. The molecule has 0 aliphatic carbocycles. The highest BCUT2D eigenvalue weighted by Crippen LogP contribution is 2.15. The molecule has 0 unspecified atom stereocenters. The minimum Gasteiger partial charge on any atom is -0.497 e. The number of amidine groups is 1. The van der Waals surface area contributed by atoms with E-state index >= 15 is 0 Å². The van der Waals surface area contributed by atoms with Gasteiger partial charge in [-0.15, -0.1) is 11.8 Å². The maximum atomic E-state index is 12.0. The predicted octanol–water partition coefficient (Wildman–Crippen LogP) is 2.96. The fraction of sp³-hybridized carbons (Fsp3) is 0.125. The van der Waals surface area contributed by atoms with Crippen LogP contribution in [-0.4, -0.2) is 25.1 Å². The first-order valence-electron chi connectivity index (χ1n) is 6.31. The van der Waals surface area contributed by atoms with Crippen molar-refractivity contribution >= 4 is 23.5 Å². The van der Waals surface area contributed by atoms with Crippen LogP contribution in [0.2, 0.25) is 0 Å². The van der Waals surface area contributed by atoms with Gasteiger partial charge in [-0.25, -0.2) is 0 Å². The molecule has 0 aromatic heterocycles. The van der Waals surface area contributed by atoms with E-state index in [1.165, 1.54) is 0 Å². The van der Waals surface area contributed by atoms with Crippen LogP contribution >= 0.6 is 11.8 Å². The lowest BCUT2D eigenvalue weighted by Crippen LogP contribution is -2.15. The summed E-state index contributed by atoms with van der Waals surface area (Å²) in [5, 5.41) is 0. The van der Waals surface area contributed by atoms with Crippen molar-refractivity contribution < 1.29 is 9.53 Å². The van der Waals surface area contributed by atoms with E-state index in [1.807, 2.05) is 30.5 Å². The lowest BCUT2D eigenvalue weighted by Gasteiger charge is -2.03. The zero-order valence-electron chi connectivity index (χ0n) is 11.9. The molecule has 0 spiro atoms. The van der Waals surface area contributed by atoms with E-state index in [1.54, 1.807) is 43.1 Å². The van der Waals surface area contributed by atoms with E-state index < -0.39 is 0 Å². The van der Waals surface area contributed by atoms with Gasteiger partial charge in [0.15, 0.2) is 0 Å². The van der Waals surface area contributed by atoms with Crippen LogP contribution in [0.4, 0.5) is 0 Å². The molecule has 0 radical (unpaired) electrons. The topological polar surface area (TPSA) is 64.7 Å². The van der Waals surface area contributed by atoms with Gasteiger partial charge in [-0.1, -0.05) is 12.1 Å². The molecule has 0 atom stereocenters. The second-order valence-electron chi connectivity index (χ2n) is 4.26. The van der Waals surface area contributed by atoms with E-state index in [-0.39, 0.29) is 11.7 Å². The average Bonchev–Trinajstić information content (AvgIpc) is 2.55. The number of nitrogens with two attached hydrogens (primary N) is 1. The van der Waals surface area contributed by atoms with Crippen molar-refractivity contribution in [3.05, 3.63) is 59.7 Å². The third-order valence-electron chi connectivity index (χ3n) is 2.94. The maximum Gasteiger partial charge on any atom is 0.278 e. The Balaban J connectivity index is 2.17. The Bertz CT molecular complexity index is 649. The summed E-state index contributed by atoms with van der Waals surface area (Å²) in [4.78, 5) is 17.1. The number of rotatable bonds is 4. The minimum absolute atomic E-state index is 0.212. The minimum atomic E-state index is -0.371. The standard InChI is InChI=1S/C16H16N2O2S/c1-20-13-7-3-12(4-8-13)16(19)18-15(17)11-5-9-14(21-2)10-6-11/h3-10H,1-2H3,(H2,17,18,19). The summed E-state index contributed by atoms with van der Waals surface area (Å²) in [6.07, 6.45) is 2.00. The molecule has 0 fully saturated rings. The molecule has 2 rings (SSSR count). The van der Waals surface area contributed by atoms with E-state index in [0.717, 1.165) is 10.5 Å². The number of carbonyl (C=O) groups excluding carboxylic acids is 1. The molecule has 108 valence electrons. The lowest BCUT2D eigenvalue weighted by molar-refractivity contribution is 0.100. The molecule has 0 heterocycles. The summed E-state index contributed by atoms with van der Waals surface area (Å²) in [6.45, 7) is 0. The largest absolute Gasteiger partial charge is 0.497 e. The smallest absolute Gasteiger partial charge is 0.278 e. The van der Waals surface area contributed by atoms with Crippen molar-refractivity contribution in [3.8, 4) is 5.75 Å². The highest BCUT2D eigenvalue weighted by molar-refractivity contribution is 7.98. The maximum absolute atomic E-state index is 12.0. The first-order valence-corrected chi connectivity index (χ1v) is 7.53. The van der Waals surface area contributed by atoms with E-state index in [2.05, 4.69) is 4.99 Å². The van der Waals surface area contributed by atoms with Gasteiger partial charge in [0.2, 0.25) is 0 Å². The van der Waals surface area contributed by atoms with Crippen molar-refractivity contribution in [1.82, 2.24) is 0 Å². The Labute approximate surface area is 128 Å². The third kappa shape index (κ3) is 3.86. The number of nitrogens with zero attached hydrogens (tertiary/aromatic N) is 1. The van der Waals surface area contributed by atoms with Crippen LogP contribution in [0.15, 0.2) is 58.4 Å². The summed E-state index contributed by atoms with van der Waals surface area (Å²) >= 11 is 1.64. The van der Waals surface area contributed by atoms with Gasteiger partial charge in [0, 0.05) is 16.0 Å². The van der Waals surface area contributed by atoms with Gasteiger partial charge in [-0.3, -0.25) is 4.79 Å². The Hall–Kier alpha value is -2.27. The summed E-state index contributed by atoms with van der Waals surface area (Å²) in [6, 6.07) is 14.3. The van der Waals surface area contributed by atoms with Crippen molar-refractivity contribution in [3.63, 3.8) is 0 Å². The summed E-state index contributed by atoms with van der Waals surface area (Å²) in [5.74, 6) is 0.531. The number of thioether (sulfide) groups is 1. The number of aliphatic imine (C=N–C) groups is 1. The van der Waals surface area contributed by atoms with Crippen LogP contribution in [0.25, 0.3) is 0 Å². The molecule has 0 bridgehead atoms. The van der Waals surface area contributed by atoms with Gasteiger partial charge in [-0.05, 0) is 42.7 Å². The Morgan fingerprint density at radius 2 is 1.62 bits per heavy atom. The molecule has 0 saturated carbocycles. The molecule has 2 aromatic rings. The molecule has 2 aromatic carbocycles. The van der Waals surface area contributed by atoms with Crippen LogP contribution in [0.1, 0.15) is 15.9 Å². The van der Waals surface area contributed by atoms with Gasteiger partial charge < -0.3 is 10.5 Å². The zero-order chi connectivity index (χ0) is 15.2. The van der Waals surface area contributed by atoms with Crippen LogP contribution in [0.5, 0.6) is 5.75 Å². The summed E-state index contributed by atoms with van der Waals surface area (Å²) in [7, 11) is 1.57. The number of benzene rings is 2. The van der Waals surface area contributed by atoms with Crippen LogP contribution in [0.3, 0.4) is 0 Å². The van der Waals surface area contributed by atoms with Crippen molar-refractivity contribution in [1.29, 1.82) is 0 Å². The lowest BCUT2D eigenvalue weighted by atomic mass is 10.2. The Kier molecular flexibility index (Phi) is 5.00. The number of methoxy groups -OCH3 is 1. The second kappa shape index (κ2) is 6.95.